The molecule has 5 heteroatoms. The van der Waals surface area contributed by atoms with Gasteiger partial charge in [-0.2, -0.15) is 0 Å². The lowest BCUT2D eigenvalue weighted by molar-refractivity contribution is 0.442. The van der Waals surface area contributed by atoms with Crippen molar-refractivity contribution in [2.75, 3.05) is 0 Å². The van der Waals surface area contributed by atoms with E-state index in [4.69, 9.17) is 16.3 Å². The van der Waals surface area contributed by atoms with Crippen molar-refractivity contribution in [1.82, 2.24) is 0 Å². The lowest BCUT2D eigenvalue weighted by Gasteiger charge is -2.08. The van der Waals surface area contributed by atoms with Crippen molar-refractivity contribution in [3.63, 3.8) is 0 Å². The summed E-state index contributed by atoms with van der Waals surface area (Å²) in [4.78, 5) is 0. The first-order valence-corrected chi connectivity index (χ1v) is 7.36. The average Bonchev–Trinajstić information content (AvgIpc) is 2.33. The molecule has 0 aromatic heterocycles. The number of halogens is 4. The Hall–Kier alpha value is -0.580. The third-order valence-electron chi connectivity index (χ3n) is 2.29. The van der Waals surface area contributed by atoms with E-state index in [0.29, 0.717) is 10.8 Å². The van der Waals surface area contributed by atoms with E-state index < -0.39 is 5.82 Å². The molecule has 2 rings (SSSR count). The molecule has 0 radical (unpaired) electrons. The first-order valence-electron chi connectivity index (χ1n) is 5.07. The van der Waals surface area contributed by atoms with Crippen LogP contribution in [0.2, 0.25) is 5.02 Å². The minimum absolute atomic E-state index is 0.151. The summed E-state index contributed by atoms with van der Waals surface area (Å²) in [6.07, 6.45) is 0. The fourth-order valence-electron chi connectivity index (χ4n) is 1.38. The number of alkyl halides is 1. The molecule has 0 unspecified atom stereocenters. The van der Waals surface area contributed by atoms with Gasteiger partial charge in [0, 0.05) is 14.8 Å². The van der Waals surface area contributed by atoms with Gasteiger partial charge >= 0.3 is 0 Å². The molecule has 0 aliphatic rings. The fourth-order valence-corrected chi connectivity index (χ4v) is 2.91. The van der Waals surface area contributed by atoms with Crippen LogP contribution >= 0.6 is 43.5 Å². The minimum Gasteiger partial charge on any atom is -0.454 e. The molecular weight excluding hydrogens is 386 g/mol. The predicted molar refractivity (Wildman–Crippen MR) is 78.3 cm³/mol. The molecule has 0 heterocycles. The van der Waals surface area contributed by atoms with Gasteiger partial charge in [-0.3, -0.25) is 0 Å². The Labute approximate surface area is 126 Å². The van der Waals surface area contributed by atoms with E-state index in [-0.39, 0.29) is 5.75 Å². The van der Waals surface area contributed by atoms with Gasteiger partial charge in [-0.1, -0.05) is 49.5 Å². The zero-order valence-electron chi connectivity index (χ0n) is 9.09. The zero-order chi connectivity index (χ0) is 13.1. The second-order valence-corrected chi connectivity index (χ2v) is 5.42. The van der Waals surface area contributed by atoms with Gasteiger partial charge in [0.15, 0.2) is 11.6 Å². The highest BCUT2D eigenvalue weighted by molar-refractivity contribution is 9.10. The molecule has 0 saturated carbocycles. The van der Waals surface area contributed by atoms with Crippen molar-refractivity contribution in [2.45, 2.75) is 5.33 Å². The van der Waals surface area contributed by atoms with Gasteiger partial charge in [-0.15, -0.1) is 0 Å². The van der Waals surface area contributed by atoms with Gasteiger partial charge < -0.3 is 4.74 Å². The van der Waals surface area contributed by atoms with Crippen molar-refractivity contribution in [1.29, 1.82) is 0 Å². The van der Waals surface area contributed by atoms with E-state index in [1.807, 2.05) is 6.07 Å². The van der Waals surface area contributed by atoms with Gasteiger partial charge in [0.1, 0.15) is 5.75 Å². The lowest BCUT2D eigenvalue weighted by Crippen LogP contribution is -1.89. The maximum atomic E-state index is 13.6. The second-order valence-electron chi connectivity index (χ2n) is 3.56. The topological polar surface area (TPSA) is 9.23 Å². The van der Waals surface area contributed by atoms with E-state index in [2.05, 4.69) is 31.9 Å². The van der Waals surface area contributed by atoms with E-state index >= 15 is 0 Å². The molecular formula is C13H8Br2ClFO. The maximum Gasteiger partial charge on any atom is 0.167 e. The Balaban J connectivity index is 2.26. The van der Waals surface area contributed by atoms with Gasteiger partial charge in [0.25, 0.3) is 0 Å². The molecule has 2 aromatic rings. The number of rotatable bonds is 3. The van der Waals surface area contributed by atoms with E-state index in [1.54, 1.807) is 18.2 Å². The van der Waals surface area contributed by atoms with Crippen molar-refractivity contribution in [3.05, 3.63) is 57.3 Å². The third kappa shape index (κ3) is 3.25. The molecule has 0 fully saturated rings. The van der Waals surface area contributed by atoms with Crippen LogP contribution in [0.25, 0.3) is 0 Å². The summed E-state index contributed by atoms with van der Waals surface area (Å²) in [5, 5.41) is 1.08. The standard InChI is InChI=1S/C13H8Br2ClFO/c14-7-8-1-3-10(6-11(8)15)18-13-4-2-9(16)5-12(13)17/h1-6H,7H2. The summed E-state index contributed by atoms with van der Waals surface area (Å²) in [5.41, 5.74) is 1.10. The fraction of sp³-hybridized carbons (Fsp3) is 0.0769. The summed E-state index contributed by atoms with van der Waals surface area (Å²) < 4.78 is 19.9. The SMILES string of the molecule is Fc1cc(Cl)ccc1Oc1ccc(CBr)c(Br)c1. The highest BCUT2D eigenvalue weighted by Crippen LogP contribution is 2.30. The van der Waals surface area contributed by atoms with Crippen LogP contribution in [0.3, 0.4) is 0 Å². The minimum atomic E-state index is -0.483. The van der Waals surface area contributed by atoms with Gasteiger partial charge in [0.2, 0.25) is 0 Å². The van der Waals surface area contributed by atoms with Crippen LogP contribution < -0.4 is 4.74 Å². The summed E-state index contributed by atoms with van der Waals surface area (Å²) >= 11 is 12.5. The maximum absolute atomic E-state index is 13.6. The summed E-state index contributed by atoms with van der Waals surface area (Å²) in [6, 6.07) is 9.80. The van der Waals surface area contributed by atoms with Crippen LogP contribution in [0.1, 0.15) is 5.56 Å². The highest BCUT2D eigenvalue weighted by atomic mass is 79.9. The normalized spacial score (nSPS) is 10.4. The van der Waals surface area contributed by atoms with Crippen molar-refractivity contribution in [2.24, 2.45) is 0 Å². The Morgan fingerprint density at radius 3 is 2.56 bits per heavy atom. The molecule has 2 aromatic carbocycles. The lowest BCUT2D eigenvalue weighted by atomic mass is 10.2. The van der Waals surface area contributed by atoms with E-state index in [1.165, 1.54) is 12.1 Å². The molecule has 0 aliphatic heterocycles. The van der Waals surface area contributed by atoms with Crippen LogP contribution in [0.5, 0.6) is 11.5 Å². The Morgan fingerprint density at radius 2 is 1.94 bits per heavy atom. The van der Waals surface area contributed by atoms with Crippen LogP contribution in [-0.4, -0.2) is 0 Å². The molecule has 0 N–H and O–H groups in total. The van der Waals surface area contributed by atoms with Crippen LogP contribution in [0, 0.1) is 5.82 Å². The Bertz CT molecular complexity index is 575. The van der Waals surface area contributed by atoms with E-state index in [9.17, 15) is 4.39 Å². The summed E-state index contributed by atoms with van der Waals surface area (Å²) in [7, 11) is 0. The number of benzene rings is 2. The molecule has 18 heavy (non-hydrogen) atoms. The monoisotopic (exact) mass is 392 g/mol. The molecule has 0 bridgehead atoms. The Kier molecular flexibility index (Phi) is 4.65. The number of hydrogen-bond acceptors (Lipinski definition) is 1. The van der Waals surface area contributed by atoms with Crippen molar-refractivity contribution in [3.8, 4) is 11.5 Å². The number of hydrogen-bond donors (Lipinski definition) is 0. The molecule has 0 saturated heterocycles. The summed E-state index contributed by atoms with van der Waals surface area (Å²) in [5.74, 6) is 0.230. The molecule has 0 amide bonds. The second kappa shape index (κ2) is 6.04. The first-order chi connectivity index (χ1) is 8.60. The van der Waals surface area contributed by atoms with Gasteiger partial charge in [-0.05, 0) is 35.9 Å². The quantitative estimate of drug-likeness (QED) is 0.587. The smallest absolute Gasteiger partial charge is 0.167 e. The van der Waals surface area contributed by atoms with Gasteiger partial charge in [0.05, 0.1) is 0 Å². The first kappa shape index (κ1) is 13.8. The molecule has 1 nitrogen and oxygen atoms in total. The molecule has 0 atom stereocenters. The van der Waals surface area contributed by atoms with Gasteiger partial charge in [-0.25, -0.2) is 4.39 Å². The van der Waals surface area contributed by atoms with Crippen LogP contribution in [-0.2, 0) is 5.33 Å². The third-order valence-corrected chi connectivity index (χ3v) is 3.87. The average molecular weight is 394 g/mol. The number of ether oxygens (including phenoxy) is 1. The molecule has 0 spiro atoms. The van der Waals surface area contributed by atoms with Crippen molar-refractivity contribution >= 4 is 43.5 Å². The molecule has 94 valence electrons. The Morgan fingerprint density at radius 1 is 1.17 bits per heavy atom. The largest absolute Gasteiger partial charge is 0.454 e. The van der Waals surface area contributed by atoms with E-state index in [0.717, 1.165) is 15.4 Å². The molecule has 0 aliphatic carbocycles. The summed E-state index contributed by atoms with van der Waals surface area (Å²) in [6.45, 7) is 0. The van der Waals surface area contributed by atoms with Crippen molar-refractivity contribution < 1.29 is 9.13 Å². The highest BCUT2D eigenvalue weighted by Gasteiger charge is 2.07. The zero-order valence-corrected chi connectivity index (χ0v) is 13.0. The van der Waals surface area contributed by atoms with Crippen LogP contribution in [0.15, 0.2) is 40.9 Å². The van der Waals surface area contributed by atoms with Crippen LogP contribution in [0.4, 0.5) is 4.39 Å². The predicted octanol–water partition coefficient (Wildman–Crippen LogP) is 5.93.